The monoisotopic (exact) mass is 394 g/mol. The van der Waals surface area contributed by atoms with Crippen molar-refractivity contribution in [3.05, 3.63) is 0 Å². The Labute approximate surface area is 132 Å². The zero-order chi connectivity index (χ0) is 12.5. The minimum absolute atomic E-state index is 0.477. The van der Waals surface area contributed by atoms with Gasteiger partial charge in [0.2, 0.25) is 8.31 Å². The number of rotatable bonds is 4. The number of alkyl halides is 9. The van der Waals surface area contributed by atoms with Crippen LogP contribution in [0, 0.1) is 0 Å². The van der Waals surface area contributed by atoms with Crippen molar-refractivity contribution < 1.29 is 4.74 Å². The van der Waals surface area contributed by atoms with Gasteiger partial charge in [-0.25, -0.2) is 0 Å². The van der Waals surface area contributed by atoms with Crippen molar-refractivity contribution in [2.75, 3.05) is 6.61 Å². The highest BCUT2D eigenvalue weighted by Gasteiger charge is 2.48. The van der Waals surface area contributed by atoms with Crippen molar-refractivity contribution in [2.24, 2.45) is 0 Å². The van der Waals surface area contributed by atoms with Gasteiger partial charge in [-0.1, -0.05) is 104 Å². The highest BCUT2D eigenvalue weighted by Crippen LogP contribution is 2.47. The van der Waals surface area contributed by atoms with Gasteiger partial charge in [-0.05, 0) is 0 Å². The fourth-order valence-corrected chi connectivity index (χ4v) is 0.840. The van der Waals surface area contributed by atoms with E-state index >= 15 is 0 Å². The fraction of sp³-hybridized carbons (Fsp3) is 1.00. The van der Waals surface area contributed by atoms with Crippen LogP contribution >= 0.6 is 104 Å². The standard InChI is InChI=1S/C5H3Cl9O/c6-2(7)4(10,11)15-1-3(8,9)5(12,13)14/h2H,1H2. The maximum atomic E-state index is 5.66. The summed E-state index contributed by atoms with van der Waals surface area (Å²) in [5.74, 6) is 0. The number of ether oxygens (including phenoxy) is 1. The highest BCUT2D eigenvalue weighted by molar-refractivity contribution is 6.75. The van der Waals surface area contributed by atoms with E-state index in [2.05, 4.69) is 0 Å². The fourth-order valence-electron chi connectivity index (χ4n) is 0.332. The summed E-state index contributed by atoms with van der Waals surface area (Å²) in [7, 11) is 0. The van der Waals surface area contributed by atoms with Crippen molar-refractivity contribution in [1.82, 2.24) is 0 Å². The van der Waals surface area contributed by atoms with Crippen LogP contribution < -0.4 is 0 Å². The van der Waals surface area contributed by atoms with E-state index in [0.717, 1.165) is 0 Å². The summed E-state index contributed by atoms with van der Waals surface area (Å²) < 4.78 is -0.879. The minimum atomic E-state index is -1.98. The largest absolute Gasteiger partial charge is 0.341 e. The molecule has 1 nitrogen and oxygen atoms in total. The van der Waals surface area contributed by atoms with Gasteiger partial charge in [0.05, 0.1) is 6.61 Å². The normalized spacial score (nSPS) is 14.8. The van der Waals surface area contributed by atoms with Crippen LogP contribution in [-0.4, -0.2) is 24.1 Å². The third-order valence-electron chi connectivity index (χ3n) is 1.11. The van der Waals surface area contributed by atoms with Gasteiger partial charge in [0, 0.05) is 0 Å². The van der Waals surface area contributed by atoms with Gasteiger partial charge in [-0.15, -0.1) is 0 Å². The summed E-state index contributed by atoms with van der Waals surface area (Å²) in [4.78, 5) is -1.22. The lowest BCUT2D eigenvalue weighted by Crippen LogP contribution is -2.40. The van der Waals surface area contributed by atoms with E-state index in [9.17, 15) is 0 Å². The van der Waals surface area contributed by atoms with Gasteiger partial charge in [-0.3, -0.25) is 0 Å². The molecule has 0 rings (SSSR count). The van der Waals surface area contributed by atoms with Crippen molar-refractivity contribution in [3.8, 4) is 0 Å². The molecule has 0 aromatic rings. The predicted octanol–water partition coefficient (Wildman–Crippen LogP) is 5.48. The van der Waals surface area contributed by atoms with Crippen LogP contribution in [0.1, 0.15) is 0 Å². The molecular formula is C5H3Cl9O. The molecule has 0 saturated carbocycles. The lowest BCUT2D eigenvalue weighted by atomic mass is 10.5. The molecule has 0 saturated heterocycles. The Balaban J connectivity index is 4.40. The predicted molar refractivity (Wildman–Crippen MR) is 70.6 cm³/mol. The van der Waals surface area contributed by atoms with E-state index in [1.807, 2.05) is 0 Å². The zero-order valence-electron chi connectivity index (χ0n) is 6.59. The van der Waals surface area contributed by atoms with E-state index in [1.54, 1.807) is 0 Å². The third kappa shape index (κ3) is 5.83. The lowest BCUT2D eigenvalue weighted by molar-refractivity contribution is 0.0811. The molecule has 15 heavy (non-hydrogen) atoms. The molecule has 10 heteroatoms. The molecule has 0 N–H and O–H groups in total. The molecule has 0 atom stereocenters. The van der Waals surface area contributed by atoms with Crippen molar-refractivity contribution in [1.29, 1.82) is 0 Å². The SMILES string of the molecule is ClC(Cl)C(Cl)(Cl)OCC(Cl)(Cl)C(Cl)(Cl)Cl. The van der Waals surface area contributed by atoms with E-state index in [0.29, 0.717) is 0 Å². The Kier molecular flexibility index (Phi) is 7.20. The molecule has 0 radical (unpaired) electrons. The average Bonchev–Trinajstić information content (AvgIpc) is 1.99. The molecule has 0 aromatic heterocycles. The molecular weight excluding hydrogens is 395 g/mol. The number of hydrogen-bond acceptors (Lipinski definition) is 1. The summed E-state index contributed by atoms with van der Waals surface area (Å²) >= 11 is 49.7. The smallest absolute Gasteiger partial charge is 0.248 e. The Hall–Kier alpha value is 2.57. The Morgan fingerprint density at radius 3 is 1.53 bits per heavy atom. The molecule has 0 amide bonds. The summed E-state index contributed by atoms with van der Waals surface area (Å²) in [6.07, 6.45) is 0. The van der Waals surface area contributed by atoms with Gasteiger partial charge in [-0.2, -0.15) is 0 Å². The number of hydrogen-bond donors (Lipinski definition) is 0. The molecule has 92 valence electrons. The summed E-state index contributed by atoms with van der Waals surface area (Å²) in [5, 5.41) is 0. The van der Waals surface area contributed by atoms with Crippen LogP contribution in [0.15, 0.2) is 0 Å². The second-order valence-corrected chi connectivity index (χ2v) is 8.53. The molecule has 0 heterocycles. The van der Waals surface area contributed by atoms with E-state index < -0.39 is 24.1 Å². The van der Waals surface area contributed by atoms with Crippen molar-refractivity contribution >= 4 is 104 Å². The highest BCUT2D eigenvalue weighted by atomic mass is 35.6. The molecule has 0 bridgehead atoms. The van der Waals surface area contributed by atoms with Crippen LogP contribution in [-0.2, 0) is 4.74 Å². The summed E-state index contributed by atoms with van der Waals surface area (Å²) in [6.45, 7) is -0.477. The summed E-state index contributed by atoms with van der Waals surface area (Å²) in [5.41, 5.74) is 0. The first-order chi connectivity index (χ1) is 6.40. The Bertz CT molecular complexity index is 207. The first kappa shape index (κ1) is 17.6. The number of halogens is 9. The van der Waals surface area contributed by atoms with Crippen LogP contribution in [0.2, 0.25) is 0 Å². The lowest BCUT2D eigenvalue weighted by Gasteiger charge is -2.30. The maximum Gasteiger partial charge on any atom is 0.248 e. The summed E-state index contributed by atoms with van der Waals surface area (Å²) in [6, 6.07) is 0. The topological polar surface area (TPSA) is 9.23 Å². The maximum absolute atomic E-state index is 5.66. The van der Waals surface area contributed by atoms with Crippen LogP contribution in [0.4, 0.5) is 0 Å². The minimum Gasteiger partial charge on any atom is -0.341 e. The van der Waals surface area contributed by atoms with Gasteiger partial charge in [0.25, 0.3) is 0 Å². The third-order valence-corrected chi connectivity index (χ3v) is 5.16. The van der Waals surface area contributed by atoms with Gasteiger partial charge in [0.15, 0.2) is 9.17 Å². The van der Waals surface area contributed by atoms with Crippen molar-refractivity contribution in [3.63, 3.8) is 0 Å². The van der Waals surface area contributed by atoms with Crippen LogP contribution in [0.5, 0.6) is 0 Å². The molecule has 0 spiro atoms. The zero-order valence-corrected chi connectivity index (χ0v) is 13.4. The first-order valence-electron chi connectivity index (χ1n) is 3.14. The van der Waals surface area contributed by atoms with Gasteiger partial charge < -0.3 is 4.74 Å². The second kappa shape index (κ2) is 6.14. The Morgan fingerprint density at radius 1 is 0.867 bits per heavy atom. The van der Waals surface area contributed by atoms with Crippen LogP contribution in [0.3, 0.4) is 0 Å². The molecule has 0 aromatic carbocycles. The van der Waals surface area contributed by atoms with E-state index in [4.69, 9.17) is 109 Å². The molecule has 0 aliphatic heterocycles. The Morgan fingerprint density at radius 2 is 1.27 bits per heavy atom. The van der Waals surface area contributed by atoms with Crippen LogP contribution in [0.25, 0.3) is 0 Å². The van der Waals surface area contributed by atoms with Gasteiger partial charge >= 0.3 is 0 Å². The van der Waals surface area contributed by atoms with E-state index in [-0.39, 0.29) is 0 Å². The molecule has 0 aliphatic rings. The quantitative estimate of drug-likeness (QED) is 0.570. The van der Waals surface area contributed by atoms with Gasteiger partial charge in [0.1, 0.15) is 0 Å². The van der Waals surface area contributed by atoms with Crippen molar-refractivity contribution in [2.45, 2.75) is 17.5 Å². The van der Waals surface area contributed by atoms with E-state index in [1.165, 1.54) is 0 Å². The molecule has 0 aliphatic carbocycles. The molecule has 0 unspecified atom stereocenters. The first-order valence-corrected chi connectivity index (χ1v) is 6.66. The second-order valence-electron chi connectivity index (χ2n) is 2.35. The molecule has 0 fully saturated rings. The average molecular weight is 398 g/mol.